The van der Waals surface area contributed by atoms with Crippen LogP contribution in [0.15, 0.2) is 53.1 Å². The Labute approximate surface area is 168 Å². The summed E-state index contributed by atoms with van der Waals surface area (Å²) in [6, 6.07) is 16.5. The highest BCUT2D eigenvalue weighted by Crippen LogP contribution is 2.33. The van der Waals surface area contributed by atoms with Gasteiger partial charge in [-0.3, -0.25) is 4.90 Å². The number of thiazole rings is 1. The van der Waals surface area contributed by atoms with Gasteiger partial charge in [0.15, 0.2) is 0 Å². The number of likely N-dealkylation sites (tertiary alicyclic amines) is 1. The van der Waals surface area contributed by atoms with Gasteiger partial charge in [0, 0.05) is 18.0 Å². The first kappa shape index (κ1) is 17.5. The van der Waals surface area contributed by atoms with Gasteiger partial charge in [0.2, 0.25) is 11.7 Å². The van der Waals surface area contributed by atoms with Crippen LogP contribution in [-0.4, -0.2) is 33.1 Å². The van der Waals surface area contributed by atoms with Crippen LogP contribution in [-0.2, 0) is 6.54 Å². The normalized spacial score (nSPS) is 18.0. The summed E-state index contributed by atoms with van der Waals surface area (Å²) in [6.07, 6.45) is 2.36. The van der Waals surface area contributed by atoms with Crippen molar-refractivity contribution in [2.24, 2.45) is 0 Å². The summed E-state index contributed by atoms with van der Waals surface area (Å²) in [7, 11) is 0. The van der Waals surface area contributed by atoms with E-state index in [1.54, 1.807) is 0 Å². The number of nitrogens with zero attached hydrogens (tertiary/aromatic N) is 4. The van der Waals surface area contributed by atoms with E-state index in [0.717, 1.165) is 29.7 Å². The van der Waals surface area contributed by atoms with Gasteiger partial charge >= 0.3 is 0 Å². The summed E-state index contributed by atoms with van der Waals surface area (Å²) in [5, 5.41) is 5.44. The van der Waals surface area contributed by atoms with E-state index in [1.165, 1.54) is 22.5 Å². The first-order chi connectivity index (χ1) is 13.8. The summed E-state index contributed by atoms with van der Waals surface area (Å²) in [5.74, 6) is 1.83. The summed E-state index contributed by atoms with van der Waals surface area (Å²) in [5.41, 5.74) is 3.30. The Morgan fingerprint density at radius 3 is 2.86 bits per heavy atom. The Kier molecular flexibility index (Phi) is 4.66. The van der Waals surface area contributed by atoms with Crippen molar-refractivity contribution >= 4 is 21.6 Å². The second kappa shape index (κ2) is 7.45. The third kappa shape index (κ3) is 3.45. The molecule has 0 saturated carbocycles. The number of hydrogen-bond acceptors (Lipinski definition) is 6. The van der Waals surface area contributed by atoms with Gasteiger partial charge in [-0.05, 0) is 44.0 Å². The summed E-state index contributed by atoms with van der Waals surface area (Å²) < 4.78 is 6.82. The second-order valence-corrected chi connectivity index (χ2v) is 8.48. The van der Waals surface area contributed by atoms with E-state index in [2.05, 4.69) is 52.3 Å². The highest BCUT2D eigenvalue weighted by molar-refractivity contribution is 7.18. The van der Waals surface area contributed by atoms with Gasteiger partial charge in [-0.2, -0.15) is 4.98 Å². The summed E-state index contributed by atoms with van der Waals surface area (Å²) >= 11 is 1.83. The molecule has 3 heterocycles. The lowest BCUT2D eigenvalue weighted by Gasteiger charge is -2.30. The Hall–Kier alpha value is -2.57. The third-order valence-corrected chi connectivity index (χ3v) is 6.58. The van der Waals surface area contributed by atoms with Crippen LogP contribution < -0.4 is 0 Å². The zero-order chi connectivity index (χ0) is 18.9. The largest absolute Gasteiger partial charge is 0.338 e. The van der Waals surface area contributed by atoms with Gasteiger partial charge in [0.05, 0.1) is 21.8 Å². The van der Waals surface area contributed by atoms with Crippen molar-refractivity contribution in [2.45, 2.75) is 32.2 Å². The molecular formula is C22H22N4OS. The fourth-order valence-corrected chi connectivity index (χ4v) is 5.00. The van der Waals surface area contributed by atoms with Gasteiger partial charge in [-0.15, -0.1) is 11.3 Å². The Bertz CT molecular complexity index is 1070. The fraction of sp³-hybridized carbons (Fsp3) is 0.318. The van der Waals surface area contributed by atoms with Crippen molar-refractivity contribution in [3.63, 3.8) is 0 Å². The molecule has 1 fully saturated rings. The minimum Gasteiger partial charge on any atom is -0.338 e. The van der Waals surface area contributed by atoms with E-state index in [-0.39, 0.29) is 0 Å². The van der Waals surface area contributed by atoms with E-state index in [0.29, 0.717) is 24.2 Å². The lowest BCUT2D eigenvalue weighted by atomic mass is 9.99. The van der Waals surface area contributed by atoms with Crippen LogP contribution in [0.4, 0.5) is 0 Å². The number of fused-ring (bicyclic) bond motifs is 1. The van der Waals surface area contributed by atoms with Crippen molar-refractivity contribution in [1.82, 2.24) is 20.0 Å². The van der Waals surface area contributed by atoms with Crippen molar-refractivity contribution in [1.29, 1.82) is 0 Å². The molecule has 6 heteroatoms. The molecule has 5 rings (SSSR count). The van der Waals surface area contributed by atoms with Gasteiger partial charge in [0.1, 0.15) is 0 Å². The second-order valence-electron chi connectivity index (χ2n) is 7.42. The van der Waals surface area contributed by atoms with Crippen molar-refractivity contribution in [3.05, 3.63) is 65.0 Å². The fourth-order valence-electron chi connectivity index (χ4n) is 3.91. The molecular weight excluding hydrogens is 368 g/mol. The minimum absolute atomic E-state index is 0.477. The standard InChI is InChI=1S/C22H22N4OS/c1-15-7-2-3-9-17(15)21-24-20(27-25-21)14-26-12-6-8-16(13-26)22-23-18-10-4-5-11-19(18)28-22/h2-5,7,9-11,16H,6,8,12-14H2,1H3/t16-/m1/s1. The lowest BCUT2D eigenvalue weighted by molar-refractivity contribution is 0.177. The Balaban J connectivity index is 1.30. The number of aryl methyl sites for hydroxylation is 1. The van der Waals surface area contributed by atoms with Crippen LogP contribution in [0.2, 0.25) is 0 Å². The van der Waals surface area contributed by atoms with Crippen molar-refractivity contribution < 1.29 is 4.52 Å². The van der Waals surface area contributed by atoms with Gasteiger partial charge < -0.3 is 4.52 Å². The maximum atomic E-state index is 5.55. The quantitative estimate of drug-likeness (QED) is 0.489. The van der Waals surface area contributed by atoms with Gasteiger partial charge in [-0.1, -0.05) is 41.6 Å². The predicted molar refractivity (Wildman–Crippen MR) is 111 cm³/mol. The van der Waals surface area contributed by atoms with Gasteiger partial charge in [-0.25, -0.2) is 4.98 Å². The minimum atomic E-state index is 0.477. The molecule has 2 aromatic carbocycles. The molecule has 2 aromatic heterocycles. The van der Waals surface area contributed by atoms with Crippen LogP contribution in [0.25, 0.3) is 21.6 Å². The van der Waals surface area contributed by atoms with Crippen LogP contribution in [0.1, 0.15) is 35.2 Å². The monoisotopic (exact) mass is 390 g/mol. The third-order valence-electron chi connectivity index (χ3n) is 5.38. The predicted octanol–water partition coefficient (Wildman–Crippen LogP) is 5.03. The zero-order valence-corrected chi connectivity index (χ0v) is 16.7. The SMILES string of the molecule is Cc1ccccc1-c1noc(CN2CCC[C@@H](c3nc4ccccc4s3)C2)n1. The Morgan fingerprint density at radius 2 is 1.96 bits per heavy atom. The molecule has 5 nitrogen and oxygen atoms in total. The number of aromatic nitrogens is 3. The van der Waals surface area contributed by atoms with E-state index < -0.39 is 0 Å². The first-order valence-corrected chi connectivity index (χ1v) is 10.5. The van der Waals surface area contributed by atoms with Crippen LogP contribution in [0.3, 0.4) is 0 Å². The molecule has 1 aliphatic heterocycles. The average molecular weight is 391 g/mol. The van der Waals surface area contributed by atoms with Gasteiger partial charge in [0.25, 0.3) is 0 Å². The molecule has 0 N–H and O–H groups in total. The van der Waals surface area contributed by atoms with E-state index in [1.807, 2.05) is 29.5 Å². The maximum Gasteiger partial charge on any atom is 0.241 e. The average Bonchev–Trinajstić information content (AvgIpc) is 3.35. The number of para-hydroxylation sites is 1. The molecule has 0 bridgehead atoms. The van der Waals surface area contributed by atoms with E-state index >= 15 is 0 Å². The molecule has 0 unspecified atom stereocenters. The Morgan fingerprint density at radius 1 is 1.11 bits per heavy atom. The topological polar surface area (TPSA) is 55.1 Å². The van der Waals surface area contributed by atoms with Crippen LogP contribution in [0.5, 0.6) is 0 Å². The highest BCUT2D eigenvalue weighted by atomic mass is 32.1. The number of hydrogen-bond donors (Lipinski definition) is 0. The zero-order valence-electron chi connectivity index (χ0n) is 15.8. The molecule has 0 radical (unpaired) electrons. The number of rotatable bonds is 4. The summed E-state index contributed by atoms with van der Waals surface area (Å²) in [4.78, 5) is 11.9. The first-order valence-electron chi connectivity index (χ1n) is 9.73. The number of benzene rings is 2. The molecule has 0 spiro atoms. The van der Waals surface area contributed by atoms with Crippen LogP contribution in [0, 0.1) is 6.92 Å². The maximum absolute atomic E-state index is 5.55. The number of piperidine rings is 1. The highest BCUT2D eigenvalue weighted by Gasteiger charge is 2.25. The molecule has 1 aliphatic rings. The summed E-state index contributed by atoms with van der Waals surface area (Å²) in [6.45, 7) is 4.81. The molecule has 28 heavy (non-hydrogen) atoms. The van der Waals surface area contributed by atoms with Crippen molar-refractivity contribution in [2.75, 3.05) is 13.1 Å². The van der Waals surface area contributed by atoms with Crippen molar-refractivity contribution in [3.8, 4) is 11.4 Å². The molecule has 1 atom stereocenters. The molecule has 4 aromatic rings. The van der Waals surface area contributed by atoms with E-state index in [4.69, 9.17) is 9.51 Å². The lowest BCUT2D eigenvalue weighted by Crippen LogP contribution is -2.33. The molecule has 0 aliphatic carbocycles. The smallest absolute Gasteiger partial charge is 0.241 e. The van der Waals surface area contributed by atoms with E-state index in [9.17, 15) is 0 Å². The molecule has 0 amide bonds. The molecule has 142 valence electrons. The molecule has 1 saturated heterocycles. The van der Waals surface area contributed by atoms with Crippen LogP contribution >= 0.6 is 11.3 Å².